The van der Waals surface area contributed by atoms with E-state index >= 15 is 0 Å². The lowest BCUT2D eigenvalue weighted by Gasteiger charge is -2.26. The third kappa shape index (κ3) is 3.20. The monoisotopic (exact) mass is 426 g/mol. The molecule has 1 aliphatic rings. The van der Waals surface area contributed by atoms with Crippen LogP contribution in [0.1, 0.15) is 22.5 Å². The number of rotatable bonds is 4. The minimum Gasteiger partial charge on any atom is -0.369 e. The standard InChI is InChI=1S/C21H17F3N6O/c1-11-27-8-13(9-28-11)16-4-14(5-17(23)18(16)24)21(19(31)30(2)20(25)29-21)15-3-12(6-22)7-26-10-15/h3-5,7-10H,6H2,1-2H3,(H2,25,29). The Morgan fingerprint density at radius 3 is 2.39 bits per heavy atom. The number of hydrogen-bond acceptors (Lipinski definition) is 6. The molecule has 1 aromatic carbocycles. The Bertz CT molecular complexity index is 1210. The molecule has 1 aliphatic heterocycles. The smallest absolute Gasteiger partial charge is 0.266 e. The lowest BCUT2D eigenvalue weighted by atomic mass is 9.82. The molecule has 1 amide bonds. The van der Waals surface area contributed by atoms with E-state index in [1.165, 1.54) is 44.0 Å². The summed E-state index contributed by atoms with van der Waals surface area (Å²) < 4.78 is 42.7. The van der Waals surface area contributed by atoms with E-state index in [1.54, 1.807) is 6.92 Å². The molecule has 10 heteroatoms. The number of alkyl halides is 1. The van der Waals surface area contributed by atoms with Crippen LogP contribution in [0.25, 0.3) is 11.1 Å². The number of nitrogens with two attached hydrogens (primary N) is 1. The molecule has 31 heavy (non-hydrogen) atoms. The third-order valence-corrected chi connectivity index (χ3v) is 5.14. The summed E-state index contributed by atoms with van der Waals surface area (Å²) in [7, 11) is 1.41. The van der Waals surface area contributed by atoms with Crippen LogP contribution in [0.15, 0.2) is 48.0 Å². The topological polar surface area (TPSA) is 97.4 Å². The highest BCUT2D eigenvalue weighted by Gasteiger charge is 2.50. The van der Waals surface area contributed by atoms with Crippen LogP contribution in [-0.4, -0.2) is 38.8 Å². The van der Waals surface area contributed by atoms with Crippen molar-refractivity contribution in [2.24, 2.45) is 10.7 Å². The molecule has 0 radical (unpaired) electrons. The van der Waals surface area contributed by atoms with E-state index in [1.807, 2.05) is 0 Å². The molecular formula is C21H17F3N6O. The second kappa shape index (κ2) is 7.46. The van der Waals surface area contributed by atoms with Gasteiger partial charge in [0.25, 0.3) is 5.91 Å². The summed E-state index contributed by atoms with van der Waals surface area (Å²) in [5.74, 6) is -2.60. The second-order valence-corrected chi connectivity index (χ2v) is 7.10. The van der Waals surface area contributed by atoms with Gasteiger partial charge in [-0.25, -0.2) is 28.1 Å². The van der Waals surface area contributed by atoms with E-state index in [2.05, 4.69) is 19.9 Å². The van der Waals surface area contributed by atoms with E-state index in [9.17, 15) is 18.0 Å². The molecule has 1 unspecified atom stereocenters. The van der Waals surface area contributed by atoms with Gasteiger partial charge in [-0.2, -0.15) is 0 Å². The van der Waals surface area contributed by atoms with Gasteiger partial charge < -0.3 is 5.73 Å². The van der Waals surface area contributed by atoms with Gasteiger partial charge in [-0.1, -0.05) is 0 Å². The summed E-state index contributed by atoms with van der Waals surface area (Å²) in [4.78, 5) is 30.7. The quantitative estimate of drug-likeness (QED) is 0.692. The number of halogens is 3. The van der Waals surface area contributed by atoms with Crippen LogP contribution < -0.4 is 5.73 Å². The minimum absolute atomic E-state index is 0.0112. The highest BCUT2D eigenvalue weighted by atomic mass is 19.2. The van der Waals surface area contributed by atoms with Gasteiger partial charge in [-0.3, -0.25) is 14.7 Å². The highest BCUT2D eigenvalue weighted by molar-refractivity contribution is 6.09. The van der Waals surface area contributed by atoms with Gasteiger partial charge in [0.1, 0.15) is 12.5 Å². The first kappa shape index (κ1) is 20.5. The highest BCUT2D eigenvalue weighted by Crippen LogP contribution is 2.41. The van der Waals surface area contributed by atoms with Crippen molar-refractivity contribution in [1.82, 2.24) is 19.9 Å². The predicted molar refractivity (Wildman–Crippen MR) is 106 cm³/mol. The zero-order chi connectivity index (χ0) is 22.3. The number of amides is 1. The SMILES string of the molecule is Cc1ncc(-c2cc(C3(c4cncc(CF)c4)N=C(N)N(C)C3=O)cc(F)c2F)cn1. The number of nitrogens with zero attached hydrogens (tertiary/aromatic N) is 5. The van der Waals surface area contributed by atoms with E-state index in [0.717, 1.165) is 11.0 Å². The van der Waals surface area contributed by atoms with Crippen molar-refractivity contribution in [2.45, 2.75) is 19.1 Å². The molecular weight excluding hydrogens is 409 g/mol. The number of benzene rings is 1. The first-order valence-corrected chi connectivity index (χ1v) is 9.20. The summed E-state index contributed by atoms with van der Waals surface area (Å²) >= 11 is 0. The molecule has 0 saturated carbocycles. The molecule has 0 saturated heterocycles. The zero-order valence-electron chi connectivity index (χ0n) is 16.6. The maximum Gasteiger partial charge on any atom is 0.266 e. The number of aliphatic imine (C=N–C) groups is 1. The molecule has 158 valence electrons. The summed E-state index contributed by atoms with van der Waals surface area (Å²) in [6.07, 6.45) is 5.32. The fourth-order valence-electron chi connectivity index (χ4n) is 3.48. The number of aromatic nitrogens is 3. The van der Waals surface area contributed by atoms with E-state index in [4.69, 9.17) is 5.73 Å². The lowest BCUT2D eigenvalue weighted by molar-refractivity contribution is -0.129. The van der Waals surface area contributed by atoms with Gasteiger partial charge in [0.15, 0.2) is 23.1 Å². The van der Waals surface area contributed by atoms with Crippen molar-refractivity contribution in [2.75, 3.05) is 7.05 Å². The number of carbonyl (C=O) groups excluding carboxylic acids is 1. The van der Waals surface area contributed by atoms with Gasteiger partial charge in [-0.05, 0) is 30.7 Å². The first-order chi connectivity index (χ1) is 14.8. The van der Waals surface area contributed by atoms with Gasteiger partial charge in [-0.15, -0.1) is 0 Å². The largest absolute Gasteiger partial charge is 0.369 e. The maximum absolute atomic E-state index is 14.7. The van der Waals surface area contributed by atoms with Gasteiger partial charge in [0.05, 0.1) is 0 Å². The molecule has 0 bridgehead atoms. The molecule has 2 N–H and O–H groups in total. The fourth-order valence-corrected chi connectivity index (χ4v) is 3.48. The van der Waals surface area contributed by atoms with Crippen molar-refractivity contribution in [3.8, 4) is 11.1 Å². The van der Waals surface area contributed by atoms with Crippen molar-refractivity contribution in [1.29, 1.82) is 0 Å². The molecule has 7 nitrogen and oxygen atoms in total. The molecule has 3 heterocycles. The van der Waals surface area contributed by atoms with Crippen molar-refractivity contribution in [3.63, 3.8) is 0 Å². The van der Waals surface area contributed by atoms with Crippen molar-refractivity contribution < 1.29 is 18.0 Å². The number of guanidine groups is 1. The predicted octanol–water partition coefficient (Wildman–Crippen LogP) is 2.63. The number of aryl methyl sites for hydroxylation is 1. The molecule has 2 aromatic heterocycles. The van der Waals surface area contributed by atoms with Crippen LogP contribution in [0.2, 0.25) is 0 Å². The Kier molecular flexibility index (Phi) is 4.92. The lowest BCUT2D eigenvalue weighted by Crippen LogP contribution is -2.41. The van der Waals surface area contributed by atoms with Crippen molar-refractivity contribution in [3.05, 3.63) is 77.1 Å². The van der Waals surface area contributed by atoms with Crippen LogP contribution in [-0.2, 0) is 17.0 Å². The van der Waals surface area contributed by atoms with Gasteiger partial charge in [0, 0.05) is 54.1 Å². The summed E-state index contributed by atoms with van der Waals surface area (Å²) in [6, 6.07) is 3.57. The Balaban J connectivity index is 2.01. The Labute approximate surface area is 175 Å². The fraction of sp³-hybridized carbons (Fsp3) is 0.190. The number of pyridine rings is 1. The molecule has 1 atom stereocenters. The first-order valence-electron chi connectivity index (χ1n) is 9.20. The summed E-state index contributed by atoms with van der Waals surface area (Å²) in [5, 5.41) is 0. The molecule has 0 spiro atoms. The average molecular weight is 426 g/mol. The maximum atomic E-state index is 14.7. The van der Waals surface area contributed by atoms with E-state index < -0.39 is 29.8 Å². The molecule has 0 aliphatic carbocycles. The minimum atomic E-state index is -1.86. The zero-order valence-corrected chi connectivity index (χ0v) is 16.6. The van der Waals surface area contributed by atoms with Crippen LogP contribution in [0.4, 0.5) is 13.2 Å². The van der Waals surface area contributed by atoms with Crippen LogP contribution in [0.5, 0.6) is 0 Å². The van der Waals surface area contributed by atoms with E-state index in [0.29, 0.717) is 5.82 Å². The summed E-state index contributed by atoms with van der Waals surface area (Å²) in [5.41, 5.74) is 4.49. The Morgan fingerprint density at radius 2 is 1.77 bits per heavy atom. The van der Waals surface area contributed by atoms with Gasteiger partial charge >= 0.3 is 0 Å². The second-order valence-electron chi connectivity index (χ2n) is 7.10. The molecule has 3 aromatic rings. The van der Waals surface area contributed by atoms with E-state index in [-0.39, 0.29) is 33.8 Å². The third-order valence-electron chi connectivity index (χ3n) is 5.14. The van der Waals surface area contributed by atoms with Crippen LogP contribution in [0.3, 0.4) is 0 Å². The van der Waals surface area contributed by atoms with Crippen LogP contribution in [0, 0.1) is 18.6 Å². The Morgan fingerprint density at radius 1 is 1.06 bits per heavy atom. The van der Waals surface area contributed by atoms with Crippen molar-refractivity contribution >= 4 is 11.9 Å². The summed E-state index contributed by atoms with van der Waals surface area (Å²) in [6.45, 7) is 0.825. The Hall–Kier alpha value is -3.82. The van der Waals surface area contributed by atoms with Gasteiger partial charge in [0.2, 0.25) is 0 Å². The van der Waals surface area contributed by atoms with Crippen LogP contribution >= 0.6 is 0 Å². The molecule has 4 rings (SSSR count). The normalized spacial score (nSPS) is 18.4. The number of likely N-dealkylation sites (N-methyl/N-ethyl adjacent to an activating group) is 1. The molecule has 0 fully saturated rings. The number of hydrogen-bond donors (Lipinski definition) is 1. The number of carbonyl (C=O) groups is 1. The average Bonchev–Trinajstić information content (AvgIpc) is 3.01.